The minimum atomic E-state index is -0.623. The van der Waals surface area contributed by atoms with Crippen LogP contribution in [0, 0.1) is 0 Å². The van der Waals surface area contributed by atoms with Crippen molar-refractivity contribution in [3.8, 4) is 0 Å². The number of imide groups is 1. The molecule has 0 spiro atoms. The van der Waals surface area contributed by atoms with Gasteiger partial charge in [-0.25, -0.2) is 0 Å². The number of para-hydroxylation sites is 1. The van der Waals surface area contributed by atoms with Crippen molar-refractivity contribution in [2.24, 2.45) is 5.73 Å². The molecule has 0 aromatic heterocycles. The quantitative estimate of drug-likeness (QED) is 0.679. The molecule has 0 saturated carbocycles. The van der Waals surface area contributed by atoms with E-state index >= 15 is 0 Å². The maximum absolute atomic E-state index is 11.7. The number of thioether (sulfide) groups is 1. The van der Waals surface area contributed by atoms with Crippen molar-refractivity contribution in [1.29, 1.82) is 0 Å². The molecule has 2 saturated heterocycles. The molecule has 124 valence electrons. The average molecular weight is 376 g/mol. The second kappa shape index (κ2) is 7.11. The number of benzene rings is 1. The smallest absolute Gasteiger partial charge is 0.290 e. The number of hydrogen-bond donors (Lipinski definition) is 3. The largest absolute Gasteiger partial charge is 0.390 e. The summed E-state index contributed by atoms with van der Waals surface area (Å²) in [6.07, 6.45) is 1.00. The van der Waals surface area contributed by atoms with E-state index < -0.39 is 17.3 Å². The Morgan fingerprint density at radius 2 is 2.13 bits per heavy atom. The van der Waals surface area contributed by atoms with Crippen LogP contribution in [0.4, 0.5) is 10.5 Å². The Bertz CT molecular complexity index is 673. The molecule has 2 heterocycles. The number of carbonyl (C=O) groups excluding carboxylic acids is 2. The van der Waals surface area contributed by atoms with Gasteiger partial charge in [0, 0.05) is 24.7 Å². The zero-order chi connectivity index (χ0) is 15.9. The van der Waals surface area contributed by atoms with Crippen LogP contribution in [-0.2, 0) is 4.79 Å². The summed E-state index contributed by atoms with van der Waals surface area (Å²) in [6, 6.07) is 4.97. The van der Waals surface area contributed by atoms with Gasteiger partial charge in [-0.05, 0) is 23.9 Å². The molecule has 0 unspecified atom stereocenters. The molecule has 2 atom stereocenters. The number of amides is 2. The van der Waals surface area contributed by atoms with Crippen LogP contribution in [0.5, 0.6) is 0 Å². The molecule has 1 aromatic rings. The molecule has 6 nitrogen and oxygen atoms in total. The number of aliphatic hydroxyl groups is 1. The Hall–Kier alpha value is -1.25. The Labute approximate surface area is 148 Å². The van der Waals surface area contributed by atoms with Crippen molar-refractivity contribution < 1.29 is 14.7 Å². The van der Waals surface area contributed by atoms with Crippen molar-refractivity contribution in [3.63, 3.8) is 0 Å². The van der Waals surface area contributed by atoms with E-state index in [2.05, 4.69) is 5.32 Å². The first-order valence-electron chi connectivity index (χ1n) is 6.67. The van der Waals surface area contributed by atoms with Crippen LogP contribution >= 0.6 is 35.8 Å². The van der Waals surface area contributed by atoms with Gasteiger partial charge in [0.2, 0.25) is 0 Å². The van der Waals surface area contributed by atoms with Crippen LogP contribution in [0.2, 0.25) is 5.02 Å². The van der Waals surface area contributed by atoms with Gasteiger partial charge in [0.05, 0.1) is 21.7 Å². The monoisotopic (exact) mass is 375 g/mol. The van der Waals surface area contributed by atoms with Crippen molar-refractivity contribution in [2.45, 2.75) is 12.1 Å². The number of hydrogen-bond acceptors (Lipinski definition) is 6. The summed E-state index contributed by atoms with van der Waals surface area (Å²) in [7, 11) is 0. The lowest BCUT2D eigenvalue weighted by molar-refractivity contribution is -0.115. The number of halogens is 2. The zero-order valence-electron chi connectivity index (χ0n) is 11.9. The third kappa shape index (κ3) is 3.64. The van der Waals surface area contributed by atoms with E-state index in [-0.39, 0.29) is 18.4 Å². The van der Waals surface area contributed by atoms with Crippen molar-refractivity contribution in [3.05, 3.63) is 33.7 Å². The van der Waals surface area contributed by atoms with E-state index in [1.54, 1.807) is 24.3 Å². The van der Waals surface area contributed by atoms with E-state index in [0.717, 1.165) is 11.8 Å². The number of nitrogens with one attached hydrogen (secondary N) is 1. The van der Waals surface area contributed by atoms with Crippen molar-refractivity contribution >= 4 is 58.7 Å². The fourth-order valence-electron chi connectivity index (χ4n) is 2.54. The maximum atomic E-state index is 11.7. The standard InChI is InChI=1S/C14H14ClN3O3S.ClH/c15-8-3-1-2-7(4-11-13(20)17-14(21)22-11)12(8)18-5-9(16)10(19)6-18;/h1-4,9-10,19H,5-6,16H2,(H,17,20,21);1H/b11-4+;/t9-,10-;/m0./s1. The molecule has 2 aliphatic heterocycles. The van der Waals surface area contributed by atoms with Crippen LogP contribution in [0.1, 0.15) is 5.56 Å². The van der Waals surface area contributed by atoms with Gasteiger partial charge in [-0.15, -0.1) is 12.4 Å². The normalized spacial score (nSPS) is 25.7. The Kier molecular flexibility index (Phi) is 5.59. The van der Waals surface area contributed by atoms with Crippen LogP contribution in [0.25, 0.3) is 6.08 Å². The molecular formula is C14H15Cl2N3O3S. The highest BCUT2D eigenvalue weighted by Crippen LogP contribution is 2.35. The highest BCUT2D eigenvalue weighted by atomic mass is 35.5. The number of anilines is 1. The van der Waals surface area contributed by atoms with Crippen molar-refractivity contribution in [1.82, 2.24) is 5.32 Å². The summed E-state index contributed by atoms with van der Waals surface area (Å²) in [5, 5.41) is 12.2. The van der Waals surface area contributed by atoms with Gasteiger partial charge in [0.15, 0.2) is 0 Å². The maximum Gasteiger partial charge on any atom is 0.290 e. The Balaban J connectivity index is 0.00000192. The molecule has 1 aromatic carbocycles. The molecule has 0 bridgehead atoms. The molecular weight excluding hydrogens is 361 g/mol. The zero-order valence-corrected chi connectivity index (χ0v) is 14.2. The van der Waals surface area contributed by atoms with E-state index in [4.69, 9.17) is 17.3 Å². The number of β-amino-alcohol motifs (C(OH)–C–C–N with tert-alkyl or cyclic N) is 1. The molecule has 4 N–H and O–H groups in total. The molecule has 0 radical (unpaired) electrons. The van der Waals surface area contributed by atoms with Crippen LogP contribution in [-0.4, -0.2) is 41.5 Å². The van der Waals surface area contributed by atoms with Gasteiger partial charge in [-0.1, -0.05) is 23.7 Å². The van der Waals surface area contributed by atoms with Gasteiger partial charge in [0.25, 0.3) is 11.1 Å². The molecule has 3 rings (SSSR count). The predicted octanol–water partition coefficient (Wildman–Crippen LogP) is 1.59. The Morgan fingerprint density at radius 3 is 2.70 bits per heavy atom. The van der Waals surface area contributed by atoms with Crippen LogP contribution in [0.3, 0.4) is 0 Å². The summed E-state index contributed by atoms with van der Waals surface area (Å²) < 4.78 is 0. The summed E-state index contributed by atoms with van der Waals surface area (Å²) in [6.45, 7) is 0.846. The highest BCUT2D eigenvalue weighted by molar-refractivity contribution is 8.18. The first-order chi connectivity index (χ1) is 10.5. The molecule has 2 aliphatic rings. The summed E-state index contributed by atoms with van der Waals surface area (Å²) in [5.41, 5.74) is 7.26. The first-order valence-corrected chi connectivity index (χ1v) is 7.87. The third-order valence-corrected chi connectivity index (χ3v) is 4.71. The highest BCUT2D eigenvalue weighted by Gasteiger charge is 2.31. The van der Waals surface area contributed by atoms with Crippen LogP contribution in [0.15, 0.2) is 23.1 Å². The van der Waals surface area contributed by atoms with E-state index in [9.17, 15) is 14.7 Å². The summed E-state index contributed by atoms with van der Waals surface area (Å²) in [4.78, 5) is 25.1. The number of rotatable bonds is 2. The fraction of sp³-hybridized carbons (Fsp3) is 0.286. The van der Waals surface area contributed by atoms with Gasteiger partial charge >= 0.3 is 0 Å². The number of aliphatic hydroxyl groups excluding tert-OH is 1. The molecule has 2 fully saturated rings. The SMILES string of the molecule is Cl.N[C@H]1CN(c2c(Cl)cccc2/C=C2/SC(=O)NC2=O)C[C@@H]1O. The van der Waals surface area contributed by atoms with E-state index in [1.807, 2.05) is 4.90 Å². The molecule has 9 heteroatoms. The Morgan fingerprint density at radius 1 is 1.39 bits per heavy atom. The van der Waals surface area contributed by atoms with Gasteiger partial charge < -0.3 is 15.7 Å². The van der Waals surface area contributed by atoms with E-state index in [1.165, 1.54) is 0 Å². The number of nitrogens with two attached hydrogens (primary N) is 1. The second-order valence-electron chi connectivity index (χ2n) is 5.17. The van der Waals surface area contributed by atoms with Gasteiger partial charge in [-0.2, -0.15) is 0 Å². The molecule has 0 aliphatic carbocycles. The number of nitrogens with zero attached hydrogens (tertiary/aromatic N) is 1. The topological polar surface area (TPSA) is 95.7 Å². The minimum Gasteiger partial charge on any atom is -0.390 e. The fourth-order valence-corrected chi connectivity index (χ4v) is 3.51. The second-order valence-corrected chi connectivity index (χ2v) is 6.59. The van der Waals surface area contributed by atoms with Gasteiger partial charge in [0.1, 0.15) is 0 Å². The third-order valence-electron chi connectivity index (χ3n) is 3.60. The summed E-state index contributed by atoms with van der Waals surface area (Å²) in [5.74, 6) is -0.418. The first kappa shape index (κ1) is 18.1. The lowest BCUT2D eigenvalue weighted by Gasteiger charge is -2.22. The lowest BCUT2D eigenvalue weighted by atomic mass is 10.1. The average Bonchev–Trinajstić information content (AvgIpc) is 2.93. The molecule has 2 amide bonds. The number of carbonyl (C=O) groups is 2. The van der Waals surface area contributed by atoms with Crippen LogP contribution < -0.4 is 16.0 Å². The summed E-state index contributed by atoms with van der Waals surface area (Å²) >= 11 is 7.14. The minimum absolute atomic E-state index is 0. The van der Waals surface area contributed by atoms with E-state index in [0.29, 0.717) is 34.3 Å². The lowest BCUT2D eigenvalue weighted by Crippen LogP contribution is -2.32. The van der Waals surface area contributed by atoms with Crippen molar-refractivity contribution in [2.75, 3.05) is 18.0 Å². The molecule has 23 heavy (non-hydrogen) atoms. The predicted molar refractivity (Wildman–Crippen MR) is 94.0 cm³/mol. The van der Waals surface area contributed by atoms with Gasteiger partial charge in [-0.3, -0.25) is 14.9 Å².